The van der Waals surface area contributed by atoms with Crippen molar-refractivity contribution in [3.8, 4) is 11.5 Å². The van der Waals surface area contributed by atoms with E-state index in [0.717, 1.165) is 34.2 Å². The molecular weight excluding hydrogens is 393 g/mol. The highest BCUT2D eigenvalue weighted by Gasteiger charge is 2.15. The third-order valence-electron chi connectivity index (χ3n) is 5.13. The second-order valence-electron chi connectivity index (χ2n) is 7.13. The van der Waals surface area contributed by atoms with Gasteiger partial charge in [0.15, 0.2) is 11.5 Å². The summed E-state index contributed by atoms with van der Waals surface area (Å²) < 4.78 is 12.0. The van der Waals surface area contributed by atoms with Crippen LogP contribution in [0.1, 0.15) is 56.6 Å². The van der Waals surface area contributed by atoms with E-state index in [1.807, 2.05) is 43.3 Å². The van der Waals surface area contributed by atoms with E-state index in [1.165, 1.54) is 38.5 Å². The van der Waals surface area contributed by atoms with E-state index < -0.39 is 0 Å². The molecule has 0 atom stereocenters. The highest BCUT2D eigenvalue weighted by molar-refractivity contribution is 6.31. The van der Waals surface area contributed by atoms with Crippen molar-refractivity contribution in [1.29, 1.82) is 0 Å². The van der Waals surface area contributed by atoms with Crippen LogP contribution in [0, 0.1) is 0 Å². The molecule has 1 saturated carbocycles. The Morgan fingerprint density at radius 2 is 1.64 bits per heavy atom. The predicted octanol–water partition coefficient (Wildman–Crippen LogP) is 6.55. The molecule has 0 unspecified atom stereocenters. The van der Waals surface area contributed by atoms with E-state index in [9.17, 15) is 0 Å². The molecule has 0 amide bonds. The van der Waals surface area contributed by atoms with E-state index in [4.69, 9.17) is 21.1 Å². The van der Waals surface area contributed by atoms with Crippen LogP contribution in [-0.2, 0) is 13.2 Å². The van der Waals surface area contributed by atoms with Gasteiger partial charge in [-0.15, -0.1) is 12.4 Å². The molecule has 0 aliphatic heterocycles. The van der Waals surface area contributed by atoms with Crippen LogP contribution in [0.4, 0.5) is 0 Å². The molecule has 0 bridgehead atoms. The van der Waals surface area contributed by atoms with Gasteiger partial charge < -0.3 is 14.8 Å². The molecule has 1 N–H and O–H groups in total. The summed E-state index contributed by atoms with van der Waals surface area (Å²) in [6, 6.07) is 14.5. The smallest absolute Gasteiger partial charge is 0.166 e. The lowest BCUT2D eigenvalue weighted by molar-refractivity contribution is 0.265. The van der Waals surface area contributed by atoms with E-state index in [-0.39, 0.29) is 12.4 Å². The molecule has 0 aromatic heterocycles. The third kappa shape index (κ3) is 6.58. The molecule has 0 heterocycles. The lowest BCUT2D eigenvalue weighted by Crippen LogP contribution is -2.28. The van der Waals surface area contributed by atoms with Crippen molar-refractivity contribution >= 4 is 24.0 Å². The average Bonchev–Trinajstić information content (AvgIpc) is 2.96. The second-order valence-corrected chi connectivity index (χ2v) is 7.53. The van der Waals surface area contributed by atoms with Crippen molar-refractivity contribution in [2.45, 2.75) is 64.6 Å². The summed E-state index contributed by atoms with van der Waals surface area (Å²) in [5.74, 6) is 1.62. The Morgan fingerprint density at radius 1 is 0.929 bits per heavy atom. The topological polar surface area (TPSA) is 30.5 Å². The quantitative estimate of drug-likeness (QED) is 0.488. The van der Waals surface area contributed by atoms with Crippen molar-refractivity contribution < 1.29 is 9.47 Å². The molecule has 0 radical (unpaired) electrons. The Kier molecular flexibility index (Phi) is 9.97. The zero-order valence-electron chi connectivity index (χ0n) is 16.6. The zero-order valence-corrected chi connectivity index (χ0v) is 18.2. The Bertz CT molecular complexity index is 715. The van der Waals surface area contributed by atoms with Gasteiger partial charge in [0.25, 0.3) is 0 Å². The number of rotatable bonds is 8. The number of hydrogen-bond acceptors (Lipinski definition) is 3. The Hall–Kier alpha value is -1.42. The maximum Gasteiger partial charge on any atom is 0.166 e. The first-order valence-corrected chi connectivity index (χ1v) is 10.5. The van der Waals surface area contributed by atoms with Gasteiger partial charge in [-0.25, -0.2) is 0 Å². The number of para-hydroxylation sites is 1. The lowest BCUT2D eigenvalue weighted by atomic mass is 10.1. The minimum absolute atomic E-state index is 0. The molecule has 1 fully saturated rings. The van der Waals surface area contributed by atoms with Crippen LogP contribution in [0.2, 0.25) is 5.02 Å². The summed E-state index contributed by atoms with van der Waals surface area (Å²) in [5.41, 5.74) is 2.12. The van der Waals surface area contributed by atoms with Crippen LogP contribution in [0.3, 0.4) is 0 Å². The Morgan fingerprint density at radius 3 is 2.36 bits per heavy atom. The van der Waals surface area contributed by atoms with Crippen molar-refractivity contribution in [3.05, 3.63) is 58.6 Å². The first kappa shape index (κ1) is 22.9. The summed E-state index contributed by atoms with van der Waals surface area (Å²) >= 11 is 6.29. The Labute approximate surface area is 180 Å². The maximum absolute atomic E-state index is 6.29. The number of ether oxygens (including phenoxy) is 2. The zero-order chi connectivity index (χ0) is 18.9. The normalized spacial score (nSPS) is 14.8. The molecule has 2 aromatic rings. The molecule has 2 aromatic carbocycles. The van der Waals surface area contributed by atoms with E-state index >= 15 is 0 Å². The van der Waals surface area contributed by atoms with Crippen LogP contribution >= 0.6 is 24.0 Å². The monoisotopic (exact) mass is 423 g/mol. The molecule has 5 heteroatoms. The van der Waals surface area contributed by atoms with Crippen LogP contribution in [0.25, 0.3) is 0 Å². The number of nitrogens with one attached hydrogen (secondary N) is 1. The fourth-order valence-electron chi connectivity index (χ4n) is 3.64. The molecule has 0 spiro atoms. The van der Waals surface area contributed by atoms with Gasteiger partial charge in [-0.1, -0.05) is 67.6 Å². The fraction of sp³-hybridized carbons (Fsp3) is 0.478. The minimum Gasteiger partial charge on any atom is -0.490 e. The molecule has 3 nitrogen and oxygen atoms in total. The summed E-state index contributed by atoms with van der Waals surface area (Å²) in [5, 5.41) is 4.46. The van der Waals surface area contributed by atoms with Crippen molar-refractivity contribution in [2.75, 3.05) is 6.61 Å². The summed E-state index contributed by atoms with van der Waals surface area (Å²) in [7, 11) is 0. The van der Waals surface area contributed by atoms with Crippen LogP contribution in [-0.4, -0.2) is 12.6 Å². The van der Waals surface area contributed by atoms with Crippen LogP contribution < -0.4 is 14.8 Å². The van der Waals surface area contributed by atoms with Crippen molar-refractivity contribution in [2.24, 2.45) is 0 Å². The number of halogens is 2. The van der Waals surface area contributed by atoms with Gasteiger partial charge in [-0.05, 0) is 31.9 Å². The summed E-state index contributed by atoms with van der Waals surface area (Å²) in [4.78, 5) is 0. The average molecular weight is 424 g/mol. The molecule has 154 valence electrons. The van der Waals surface area contributed by atoms with Crippen LogP contribution in [0.15, 0.2) is 42.5 Å². The highest BCUT2D eigenvalue weighted by atomic mass is 35.5. The maximum atomic E-state index is 6.29. The fourth-order valence-corrected chi connectivity index (χ4v) is 3.83. The van der Waals surface area contributed by atoms with E-state index in [0.29, 0.717) is 19.3 Å². The van der Waals surface area contributed by atoms with Gasteiger partial charge in [0.2, 0.25) is 0 Å². The number of hydrogen-bond donors (Lipinski definition) is 1. The third-order valence-corrected chi connectivity index (χ3v) is 5.50. The molecule has 1 aliphatic carbocycles. The van der Waals surface area contributed by atoms with Crippen LogP contribution in [0.5, 0.6) is 11.5 Å². The number of benzene rings is 2. The van der Waals surface area contributed by atoms with Gasteiger partial charge in [0, 0.05) is 28.7 Å². The summed E-state index contributed by atoms with van der Waals surface area (Å²) in [6.07, 6.45) is 7.91. The van der Waals surface area contributed by atoms with Gasteiger partial charge in [-0.2, -0.15) is 0 Å². The van der Waals surface area contributed by atoms with Gasteiger partial charge >= 0.3 is 0 Å². The van der Waals surface area contributed by atoms with Gasteiger partial charge in [0.1, 0.15) is 6.61 Å². The highest BCUT2D eigenvalue weighted by Crippen LogP contribution is 2.33. The summed E-state index contributed by atoms with van der Waals surface area (Å²) in [6.45, 7) is 3.83. The largest absolute Gasteiger partial charge is 0.490 e. The lowest BCUT2D eigenvalue weighted by Gasteiger charge is -2.20. The minimum atomic E-state index is 0. The van der Waals surface area contributed by atoms with E-state index in [1.54, 1.807) is 0 Å². The van der Waals surface area contributed by atoms with Gasteiger partial charge in [-0.3, -0.25) is 0 Å². The molecule has 3 rings (SSSR count). The Balaban J connectivity index is 0.00000280. The predicted molar refractivity (Wildman–Crippen MR) is 119 cm³/mol. The van der Waals surface area contributed by atoms with E-state index in [2.05, 4.69) is 11.4 Å². The molecule has 0 saturated heterocycles. The molecular formula is C23H31Cl2NO2. The van der Waals surface area contributed by atoms with Crippen molar-refractivity contribution in [3.63, 3.8) is 0 Å². The molecule has 1 aliphatic rings. The van der Waals surface area contributed by atoms with Gasteiger partial charge in [0.05, 0.1) is 6.61 Å². The second kappa shape index (κ2) is 12.2. The first-order chi connectivity index (χ1) is 13.3. The molecule has 28 heavy (non-hydrogen) atoms. The first-order valence-electron chi connectivity index (χ1n) is 10.1. The van der Waals surface area contributed by atoms with Crippen molar-refractivity contribution in [1.82, 2.24) is 5.32 Å². The SMILES string of the molecule is CCOc1cccc(CNC2CCCCCC2)c1OCc1ccccc1Cl.Cl. The standard InChI is InChI=1S/C23H30ClNO2.ClH/c1-2-26-22-15-9-11-18(16-25-20-12-5-3-4-6-13-20)23(22)27-17-19-10-7-8-14-21(19)24;/h7-11,14-15,20,25H,2-6,12-13,16-17H2,1H3;1H.